The molecule has 0 aliphatic heterocycles. The van der Waals surface area contributed by atoms with Crippen molar-refractivity contribution in [2.45, 2.75) is 39.8 Å². The average molecular weight is 225 g/mol. The zero-order valence-corrected chi connectivity index (χ0v) is 9.90. The zero-order chi connectivity index (χ0) is 12.0. The van der Waals surface area contributed by atoms with Crippen molar-refractivity contribution in [3.63, 3.8) is 0 Å². The fraction of sp³-hybridized carbons (Fsp3) is 0.636. The quantitative estimate of drug-likeness (QED) is 0.720. The van der Waals surface area contributed by atoms with Gasteiger partial charge in [0.05, 0.1) is 0 Å². The number of carbonyl (C=O) groups is 1. The molecule has 5 nitrogen and oxygen atoms in total. The Morgan fingerprint density at radius 3 is 2.56 bits per heavy atom. The van der Waals surface area contributed by atoms with E-state index in [4.69, 9.17) is 0 Å². The van der Waals surface area contributed by atoms with E-state index in [1.165, 1.54) is 4.57 Å². The monoisotopic (exact) mass is 225 g/mol. The Balaban J connectivity index is 2.50. The fourth-order valence-corrected chi connectivity index (χ4v) is 1.43. The van der Waals surface area contributed by atoms with Crippen molar-refractivity contribution in [2.75, 3.05) is 6.54 Å². The second kappa shape index (κ2) is 6.15. The third kappa shape index (κ3) is 3.25. The third-order valence-corrected chi connectivity index (χ3v) is 2.43. The molecular weight excluding hydrogens is 206 g/mol. The molecule has 0 unspecified atom stereocenters. The molecule has 0 bridgehead atoms. The number of nitrogens with one attached hydrogen (secondary N) is 1. The van der Waals surface area contributed by atoms with E-state index in [-0.39, 0.29) is 18.1 Å². The number of hydrogen-bond donors (Lipinski definition) is 1. The van der Waals surface area contributed by atoms with Crippen molar-refractivity contribution < 1.29 is 4.79 Å². The molecule has 0 atom stereocenters. The van der Waals surface area contributed by atoms with Gasteiger partial charge < -0.3 is 5.32 Å². The predicted molar refractivity (Wildman–Crippen MR) is 62.3 cm³/mol. The number of carbonyl (C=O) groups excluding carboxylic acids is 1. The van der Waals surface area contributed by atoms with Crippen molar-refractivity contribution in [1.29, 1.82) is 0 Å². The van der Waals surface area contributed by atoms with E-state index < -0.39 is 0 Å². The number of nitrogens with zero attached hydrogens (tertiary/aromatic N) is 2. The molecule has 16 heavy (non-hydrogen) atoms. The Hall–Kier alpha value is -1.52. The second-order valence-electron chi connectivity index (χ2n) is 3.70. The third-order valence-electron chi connectivity index (χ3n) is 2.43. The van der Waals surface area contributed by atoms with Crippen molar-refractivity contribution in [2.24, 2.45) is 0 Å². The molecule has 1 N–H and O–H groups in total. The largest absolute Gasteiger partial charge is 0.355 e. The number of imidazole rings is 1. The summed E-state index contributed by atoms with van der Waals surface area (Å²) in [6.45, 7) is 5.38. The SMILES string of the molecule is CCCCNC(=O)Cn1ccn(CC)c1=O. The van der Waals surface area contributed by atoms with Gasteiger partial charge in [0.1, 0.15) is 6.54 Å². The minimum absolute atomic E-state index is 0.107. The number of hydrogen-bond acceptors (Lipinski definition) is 2. The predicted octanol–water partition coefficient (Wildman–Crippen LogP) is 0.586. The molecule has 0 aliphatic carbocycles. The highest BCUT2D eigenvalue weighted by atomic mass is 16.2. The van der Waals surface area contributed by atoms with Crippen LogP contribution in [0.4, 0.5) is 0 Å². The molecule has 0 saturated carbocycles. The summed E-state index contributed by atoms with van der Waals surface area (Å²) in [6, 6.07) is 0. The Bertz CT molecular complexity index is 392. The fourth-order valence-electron chi connectivity index (χ4n) is 1.43. The second-order valence-corrected chi connectivity index (χ2v) is 3.70. The van der Waals surface area contributed by atoms with Crippen molar-refractivity contribution >= 4 is 5.91 Å². The van der Waals surface area contributed by atoms with Gasteiger partial charge in [-0.05, 0) is 13.3 Å². The number of aryl methyl sites for hydroxylation is 1. The molecule has 1 aromatic heterocycles. The van der Waals surface area contributed by atoms with Crippen LogP contribution in [-0.4, -0.2) is 21.6 Å². The lowest BCUT2D eigenvalue weighted by atomic mass is 10.3. The lowest BCUT2D eigenvalue weighted by Crippen LogP contribution is -2.33. The maximum absolute atomic E-state index is 11.6. The molecule has 0 aliphatic rings. The van der Waals surface area contributed by atoms with Crippen LogP contribution in [0.3, 0.4) is 0 Å². The summed E-state index contributed by atoms with van der Waals surface area (Å²) >= 11 is 0. The van der Waals surface area contributed by atoms with Gasteiger partial charge in [-0.1, -0.05) is 13.3 Å². The maximum atomic E-state index is 11.6. The maximum Gasteiger partial charge on any atom is 0.328 e. The first-order chi connectivity index (χ1) is 7.69. The first kappa shape index (κ1) is 12.5. The smallest absolute Gasteiger partial charge is 0.328 e. The van der Waals surface area contributed by atoms with Crippen LogP contribution < -0.4 is 11.0 Å². The van der Waals surface area contributed by atoms with Gasteiger partial charge in [0, 0.05) is 25.5 Å². The van der Waals surface area contributed by atoms with Crippen LogP contribution in [0.1, 0.15) is 26.7 Å². The van der Waals surface area contributed by atoms with E-state index in [0.29, 0.717) is 13.1 Å². The van der Waals surface area contributed by atoms with E-state index in [9.17, 15) is 9.59 Å². The number of rotatable bonds is 6. The molecule has 1 heterocycles. The van der Waals surface area contributed by atoms with Crippen LogP contribution >= 0.6 is 0 Å². The van der Waals surface area contributed by atoms with E-state index in [1.807, 2.05) is 6.92 Å². The molecule has 0 fully saturated rings. The number of unbranched alkanes of at least 4 members (excludes halogenated alkanes) is 1. The van der Waals surface area contributed by atoms with E-state index in [0.717, 1.165) is 12.8 Å². The van der Waals surface area contributed by atoms with Gasteiger partial charge in [-0.3, -0.25) is 13.9 Å². The highest BCUT2D eigenvalue weighted by molar-refractivity contribution is 5.75. The highest BCUT2D eigenvalue weighted by Crippen LogP contribution is 1.87. The summed E-state index contributed by atoms with van der Waals surface area (Å²) in [5.41, 5.74) is -0.131. The molecule has 90 valence electrons. The number of amides is 1. The minimum atomic E-state index is -0.131. The van der Waals surface area contributed by atoms with Crippen LogP contribution in [0.5, 0.6) is 0 Å². The molecule has 0 radical (unpaired) electrons. The summed E-state index contributed by atoms with van der Waals surface area (Å²) in [4.78, 5) is 23.1. The standard InChI is InChI=1S/C11H19N3O2/c1-3-5-6-12-10(15)9-14-8-7-13(4-2)11(14)16/h7-8H,3-6,9H2,1-2H3,(H,12,15). The van der Waals surface area contributed by atoms with Gasteiger partial charge in [-0.2, -0.15) is 0 Å². The van der Waals surface area contributed by atoms with E-state index in [2.05, 4.69) is 12.2 Å². The Morgan fingerprint density at radius 1 is 1.31 bits per heavy atom. The summed E-state index contributed by atoms with van der Waals surface area (Å²) in [5, 5.41) is 2.78. The molecule has 5 heteroatoms. The molecule has 1 rings (SSSR count). The first-order valence-corrected chi connectivity index (χ1v) is 5.71. The van der Waals surface area contributed by atoms with Crippen molar-refractivity contribution in [1.82, 2.24) is 14.5 Å². The van der Waals surface area contributed by atoms with Crippen LogP contribution in [0.25, 0.3) is 0 Å². The summed E-state index contributed by atoms with van der Waals surface area (Å²) in [6.07, 6.45) is 5.36. The van der Waals surface area contributed by atoms with Crippen LogP contribution in [0.2, 0.25) is 0 Å². The molecule has 0 spiro atoms. The van der Waals surface area contributed by atoms with Gasteiger partial charge >= 0.3 is 5.69 Å². The molecule has 0 saturated heterocycles. The van der Waals surface area contributed by atoms with Gasteiger partial charge in [0.25, 0.3) is 0 Å². The zero-order valence-electron chi connectivity index (χ0n) is 9.90. The Morgan fingerprint density at radius 2 is 2.00 bits per heavy atom. The van der Waals surface area contributed by atoms with Crippen molar-refractivity contribution in [3.8, 4) is 0 Å². The van der Waals surface area contributed by atoms with Gasteiger partial charge in [-0.25, -0.2) is 4.79 Å². The van der Waals surface area contributed by atoms with Crippen molar-refractivity contribution in [3.05, 3.63) is 22.9 Å². The van der Waals surface area contributed by atoms with Crippen LogP contribution in [0.15, 0.2) is 17.2 Å². The highest BCUT2D eigenvalue weighted by Gasteiger charge is 2.06. The minimum Gasteiger partial charge on any atom is -0.355 e. The first-order valence-electron chi connectivity index (χ1n) is 5.71. The average Bonchev–Trinajstić information content (AvgIpc) is 2.60. The van der Waals surface area contributed by atoms with Gasteiger partial charge in [-0.15, -0.1) is 0 Å². The van der Waals surface area contributed by atoms with Gasteiger partial charge in [0.2, 0.25) is 5.91 Å². The molecule has 1 aromatic rings. The van der Waals surface area contributed by atoms with Gasteiger partial charge in [0.15, 0.2) is 0 Å². The van der Waals surface area contributed by atoms with Crippen LogP contribution in [-0.2, 0) is 17.9 Å². The van der Waals surface area contributed by atoms with E-state index in [1.54, 1.807) is 17.0 Å². The lowest BCUT2D eigenvalue weighted by Gasteiger charge is -2.04. The topological polar surface area (TPSA) is 56.0 Å². The Labute approximate surface area is 95.1 Å². The number of aromatic nitrogens is 2. The normalized spacial score (nSPS) is 10.4. The molecule has 0 aromatic carbocycles. The van der Waals surface area contributed by atoms with E-state index >= 15 is 0 Å². The van der Waals surface area contributed by atoms with Crippen LogP contribution in [0, 0.1) is 0 Å². The Kier molecular flexibility index (Phi) is 4.82. The summed E-state index contributed by atoms with van der Waals surface area (Å²) < 4.78 is 2.99. The molecule has 1 amide bonds. The summed E-state index contributed by atoms with van der Waals surface area (Å²) in [7, 11) is 0. The molecular formula is C11H19N3O2. The lowest BCUT2D eigenvalue weighted by molar-refractivity contribution is -0.121. The summed E-state index contributed by atoms with van der Waals surface area (Å²) in [5.74, 6) is -0.107.